The minimum absolute atomic E-state index is 0.220. The zero-order valence-electron chi connectivity index (χ0n) is 10.1. The summed E-state index contributed by atoms with van der Waals surface area (Å²) in [4.78, 5) is 11.1. The topological polar surface area (TPSA) is 51.0 Å². The van der Waals surface area contributed by atoms with Gasteiger partial charge in [-0.2, -0.15) is 5.10 Å². The van der Waals surface area contributed by atoms with Crippen molar-refractivity contribution in [2.24, 2.45) is 16.1 Å². The number of hydrogen-bond acceptors (Lipinski definition) is 6. The standard InChI is InChI=1S/C10H18N2O2S2/c1-5-14-9(13)7-16-10(15-4)12-11-6-8(2)3/h6,8H,5,7H2,1-4H3/b11-6+,12-10-. The summed E-state index contributed by atoms with van der Waals surface area (Å²) >= 11 is 2.82. The molecule has 0 bridgehead atoms. The second-order valence-electron chi connectivity index (χ2n) is 3.17. The van der Waals surface area contributed by atoms with Crippen molar-refractivity contribution in [1.29, 1.82) is 0 Å². The highest BCUT2D eigenvalue weighted by atomic mass is 32.2. The second-order valence-corrected chi connectivity index (χ2v) is 5.19. The Balaban J connectivity index is 4.04. The summed E-state index contributed by atoms with van der Waals surface area (Å²) in [7, 11) is 0. The Morgan fingerprint density at radius 3 is 2.69 bits per heavy atom. The van der Waals surface area contributed by atoms with Crippen LogP contribution in [0.15, 0.2) is 10.2 Å². The number of nitrogens with zero attached hydrogens (tertiary/aromatic N) is 2. The highest BCUT2D eigenvalue weighted by molar-refractivity contribution is 8.38. The van der Waals surface area contributed by atoms with E-state index in [1.165, 1.54) is 23.5 Å². The Morgan fingerprint density at radius 2 is 2.19 bits per heavy atom. The Morgan fingerprint density at radius 1 is 1.50 bits per heavy atom. The lowest BCUT2D eigenvalue weighted by atomic mass is 10.3. The van der Waals surface area contributed by atoms with Crippen LogP contribution in [0.1, 0.15) is 20.8 Å². The van der Waals surface area contributed by atoms with Gasteiger partial charge >= 0.3 is 5.97 Å². The zero-order valence-corrected chi connectivity index (χ0v) is 11.7. The van der Waals surface area contributed by atoms with E-state index in [-0.39, 0.29) is 11.7 Å². The van der Waals surface area contributed by atoms with Gasteiger partial charge in [-0.3, -0.25) is 4.79 Å². The van der Waals surface area contributed by atoms with Gasteiger partial charge < -0.3 is 4.74 Å². The van der Waals surface area contributed by atoms with Gasteiger partial charge in [-0.15, -0.1) is 16.9 Å². The van der Waals surface area contributed by atoms with Crippen LogP contribution in [0.5, 0.6) is 0 Å². The molecule has 0 amide bonds. The molecule has 0 saturated heterocycles. The number of hydrogen-bond donors (Lipinski definition) is 0. The number of esters is 1. The summed E-state index contributed by atoms with van der Waals surface area (Å²) in [5.74, 6) is 0.439. The van der Waals surface area contributed by atoms with Crippen LogP contribution in [0.25, 0.3) is 0 Å². The van der Waals surface area contributed by atoms with Crippen LogP contribution in [0.3, 0.4) is 0 Å². The minimum atomic E-state index is -0.220. The van der Waals surface area contributed by atoms with Crippen molar-refractivity contribution in [2.45, 2.75) is 20.8 Å². The molecule has 16 heavy (non-hydrogen) atoms. The summed E-state index contributed by atoms with van der Waals surface area (Å²) < 4.78 is 5.59. The average Bonchev–Trinajstić information content (AvgIpc) is 2.23. The Hall–Kier alpha value is -0.490. The molecule has 0 saturated carbocycles. The summed E-state index contributed by atoms with van der Waals surface area (Å²) in [6.45, 7) is 6.27. The van der Waals surface area contributed by atoms with Crippen molar-refractivity contribution in [3.63, 3.8) is 0 Å². The lowest BCUT2D eigenvalue weighted by Crippen LogP contribution is -2.07. The van der Waals surface area contributed by atoms with Crippen molar-refractivity contribution in [3.05, 3.63) is 0 Å². The minimum Gasteiger partial charge on any atom is -0.465 e. The molecule has 0 aliphatic carbocycles. The Kier molecular flexibility index (Phi) is 9.42. The summed E-state index contributed by atoms with van der Waals surface area (Å²) in [6, 6.07) is 0. The first-order valence-electron chi connectivity index (χ1n) is 5.03. The van der Waals surface area contributed by atoms with Gasteiger partial charge in [0.25, 0.3) is 0 Å². The number of rotatable bonds is 5. The quantitative estimate of drug-likeness (QED) is 0.331. The number of thioether (sulfide) groups is 2. The largest absolute Gasteiger partial charge is 0.465 e. The van der Waals surface area contributed by atoms with Crippen LogP contribution in [0.2, 0.25) is 0 Å². The normalized spacial score (nSPS) is 12.4. The predicted molar refractivity (Wildman–Crippen MR) is 73.4 cm³/mol. The maximum atomic E-state index is 11.1. The first-order valence-corrected chi connectivity index (χ1v) is 7.24. The molecule has 6 heteroatoms. The van der Waals surface area contributed by atoms with Crippen LogP contribution in [-0.4, -0.2) is 35.2 Å². The van der Waals surface area contributed by atoms with Crippen LogP contribution >= 0.6 is 23.5 Å². The molecule has 0 N–H and O–H groups in total. The van der Waals surface area contributed by atoms with E-state index >= 15 is 0 Å². The highest BCUT2D eigenvalue weighted by Gasteiger charge is 2.05. The molecule has 0 atom stereocenters. The third-order valence-electron chi connectivity index (χ3n) is 1.30. The fraction of sp³-hybridized carbons (Fsp3) is 0.700. The third kappa shape index (κ3) is 8.79. The van der Waals surface area contributed by atoms with E-state index in [0.717, 1.165) is 4.38 Å². The van der Waals surface area contributed by atoms with E-state index in [1.807, 2.05) is 20.1 Å². The Bertz CT molecular complexity index is 266. The van der Waals surface area contributed by atoms with Crippen molar-refractivity contribution < 1.29 is 9.53 Å². The predicted octanol–water partition coefficient (Wildman–Crippen LogP) is 2.64. The molecule has 0 aliphatic rings. The van der Waals surface area contributed by atoms with Gasteiger partial charge in [0.15, 0.2) is 4.38 Å². The van der Waals surface area contributed by atoms with Gasteiger partial charge in [0.2, 0.25) is 0 Å². The molecule has 0 aromatic heterocycles. The molecular weight excluding hydrogens is 244 g/mol. The molecule has 0 spiro atoms. The highest BCUT2D eigenvalue weighted by Crippen LogP contribution is 2.14. The Labute approximate surface area is 105 Å². The van der Waals surface area contributed by atoms with E-state index in [1.54, 1.807) is 13.1 Å². The van der Waals surface area contributed by atoms with Gasteiger partial charge in [-0.05, 0) is 19.1 Å². The molecule has 0 rings (SSSR count). The van der Waals surface area contributed by atoms with E-state index in [9.17, 15) is 4.79 Å². The summed E-state index contributed by atoms with van der Waals surface area (Å²) in [5, 5.41) is 7.95. The average molecular weight is 262 g/mol. The van der Waals surface area contributed by atoms with Gasteiger partial charge in [0.1, 0.15) is 0 Å². The lowest BCUT2D eigenvalue weighted by Gasteiger charge is -2.01. The molecule has 0 heterocycles. The zero-order chi connectivity index (χ0) is 12.4. The van der Waals surface area contributed by atoms with Crippen LogP contribution in [0, 0.1) is 5.92 Å². The van der Waals surface area contributed by atoms with Crippen LogP contribution in [0.4, 0.5) is 0 Å². The molecule has 92 valence electrons. The molecule has 0 fully saturated rings. The molecule has 0 aromatic carbocycles. The molecular formula is C10H18N2O2S2. The van der Waals surface area contributed by atoms with E-state index in [4.69, 9.17) is 4.74 Å². The first-order chi connectivity index (χ1) is 7.60. The fourth-order valence-electron chi connectivity index (χ4n) is 0.666. The maximum Gasteiger partial charge on any atom is 0.316 e. The SMILES string of the molecule is CCOC(=O)CS/C(=N\N=C\C(C)C)SC. The van der Waals surface area contributed by atoms with Crippen molar-refractivity contribution >= 4 is 40.1 Å². The van der Waals surface area contributed by atoms with Crippen LogP contribution in [-0.2, 0) is 9.53 Å². The third-order valence-corrected chi connectivity index (χ3v) is 3.29. The van der Waals surface area contributed by atoms with Gasteiger partial charge in [-0.25, -0.2) is 0 Å². The van der Waals surface area contributed by atoms with E-state index in [0.29, 0.717) is 12.5 Å². The van der Waals surface area contributed by atoms with E-state index < -0.39 is 0 Å². The van der Waals surface area contributed by atoms with Crippen molar-refractivity contribution in [3.8, 4) is 0 Å². The summed E-state index contributed by atoms with van der Waals surface area (Å²) in [6.07, 6.45) is 3.67. The number of carbonyl (C=O) groups is 1. The lowest BCUT2D eigenvalue weighted by molar-refractivity contribution is -0.139. The molecule has 0 aromatic rings. The van der Waals surface area contributed by atoms with Gasteiger partial charge in [0, 0.05) is 6.21 Å². The van der Waals surface area contributed by atoms with Crippen molar-refractivity contribution in [2.75, 3.05) is 18.6 Å². The van der Waals surface area contributed by atoms with Crippen LogP contribution < -0.4 is 0 Å². The van der Waals surface area contributed by atoms with Crippen molar-refractivity contribution in [1.82, 2.24) is 0 Å². The summed E-state index contributed by atoms with van der Waals surface area (Å²) in [5.41, 5.74) is 0. The molecule has 0 aliphatic heterocycles. The maximum absolute atomic E-state index is 11.1. The van der Waals surface area contributed by atoms with E-state index in [2.05, 4.69) is 10.2 Å². The fourth-order valence-corrected chi connectivity index (χ4v) is 1.87. The number of carbonyl (C=O) groups excluding carboxylic acids is 1. The molecule has 0 radical (unpaired) electrons. The molecule has 0 unspecified atom stereocenters. The monoisotopic (exact) mass is 262 g/mol. The smallest absolute Gasteiger partial charge is 0.316 e. The van der Waals surface area contributed by atoms with Gasteiger partial charge in [0.05, 0.1) is 12.4 Å². The second kappa shape index (κ2) is 9.72. The number of ether oxygens (including phenoxy) is 1. The molecule has 4 nitrogen and oxygen atoms in total. The first kappa shape index (κ1) is 15.5. The van der Waals surface area contributed by atoms with Gasteiger partial charge in [-0.1, -0.05) is 25.6 Å².